The van der Waals surface area contributed by atoms with Gasteiger partial charge in [-0.1, -0.05) is 42.0 Å². The van der Waals surface area contributed by atoms with Crippen LogP contribution < -0.4 is 4.74 Å². The summed E-state index contributed by atoms with van der Waals surface area (Å²) >= 11 is 0. The van der Waals surface area contributed by atoms with Gasteiger partial charge < -0.3 is 9.30 Å². The van der Waals surface area contributed by atoms with Crippen molar-refractivity contribution in [2.75, 3.05) is 6.61 Å². The summed E-state index contributed by atoms with van der Waals surface area (Å²) in [4.78, 5) is 9.82. The molecule has 0 aliphatic rings. The molecule has 132 valence electrons. The Labute approximate surface area is 157 Å². The summed E-state index contributed by atoms with van der Waals surface area (Å²) in [5.41, 5.74) is 6.05. The summed E-state index contributed by atoms with van der Waals surface area (Å²) in [6.07, 6.45) is 0. The minimum atomic E-state index is 0.575. The van der Waals surface area contributed by atoms with E-state index in [1.165, 1.54) is 5.56 Å². The molecule has 0 aliphatic carbocycles. The van der Waals surface area contributed by atoms with Crippen molar-refractivity contribution >= 4 is 33.1 Å². The third-order valence-electron chi connectivity index (χ3n) is 4.83. The van der Waals surface area contributed by atoms with E-state index in [-0.39, 0.29) is 0 Å². The lowest BCUT2D eigenvalue weighted by atomic mass is 10.1. The number of aryl methyl sites for hydroxylation is 1. The lowest BCUT2D eigenvalue weighted by molar-refractivity contribution is 0.302. The maximum Gasteiger partial charge on any atom is 0.160 e. The molecule has 0 spiro atoms. The van der Waals surface area contributed by atoms with Crippen molar-refractivity contribution in [1.82, 2.24) is 14.5 Å². The molecule has 2 heterocycles. The molecule has 0 unspecified atom stereocenters. The summed E-state index contributed by atoms with van der Waals surface area (Å²) in [5.74, 6) is 0.880. The number of ether oxygens (including phenoxy) is 1. The number of aromatic nitrogens is 3. The SMILES string of the molecule is Cc1ccc2c(c1)c1nc3ccccc3nc1n2CCOc1ccccc1. The van der Waals surface area contributed by atoms with Gasteiger partial charge in [0.1, 0.15) is 17.9 Å². The third-order valence-corrected chi connectivity index (χ3v) is 4.83. The number of benzene rings is 3. The van der Waals surface area contributed by atoms with Crippen LogP contribution in [0.3, 0.4) is 0 Å². The number of hydrogen-bond donors (Lipinski definition) is 0. The standard InChI is InChI=1S/C23H19N3O/c1-16-11-12-21-18(15-16)22-23(25-20-10-6-5-9-19(20)24-22)26(21)13-14-27-17-7-3-2-4-8-17/h2-12,15H,13-14H2,1H3. The van der Waals surface area contributed by atoms with E-state index in [1.807, 2.05) is 54.6 Å². The smallest absolute Gasteiger partial charge is 0.160 e. The quantitative estimate of drug-likeness (QED) is 0.450. The number of nitrogens with zero attached hydrogens (tertiary/aromatic N) is 3. The van der Waals surface area contributed by atoms with Crippen molar-refractivity contribution < 1.29 is 4.74 Å². The van der Waals surface area contributed by atoms with Gasteiger partial charge >= 0.3 is 0 Å². The van der Waals surface area contributed by atoms with E-state index in [0.29, 0.717) is 13.2 Å². The highest BCUT2D eigenvalue weighted by Crippen LogP contribution is 2.29. The van der Waals surface area contributed by atoms with Crippen molar-refractivity contribution in [2.24, 2.45) is 0 Å². The van der Waals surface area contributed by atoms with Gasteiger partial charge in [-0.05, 0) is 43.3 Å². The third kappa shape index (κ3) is 2.79. The van der Waals surface area contributed by atoms with Gasteiger partial charge in [0.25, 0.3) is 0 Å². The van der Waals surface area contributed by atoms with Crippen molar-refractivity contribution in [3.8, 4) is 5.75 Å². The highest BCUT2D eigenvalue weighted by Gasteiger charge is 2.14. The first kappa shape index (κ1) is 15.8. The zero-order valence-corrected chi connectivity index (χ0v) is 15.1. The second-order valence-electron chi connectivity index (χ2n) is 6.72. The zero-order valence-electron chi connectivity index (χ0n) is 15.1. The van der Waals surface area contributed by atoms with Crippen LogP contribution >= 0.6 is 0 Å². The fourth-order valence-electron chi connectivity index (χ4n) is 3.55. The van der Waals surface area contributed by atoms with Crippen LogP contribution in [0.2, 0.25) is 0 Å². The molecule has 4 heteroatoms. The molecule has 0 saturated heterocycles. The van der Waals surface area contributed by atoms with Crippen molar-refractivity contribution in [3.05, 3.63) is 78.4 Å². The van der Waals surface area contributed by atoms with Crippen molar-refractivity contribution in [2.45, 2.75) is 13.5 Å². The number of fused-ring (bicyclic) bond motifs is 4. The molecule has 0 saturated carbocycles. The molecule has 5 rings (SSSR count). The first-order valence-corrected chi connectivity index (χ1v) is 9.13. The maximum atomic E-state index is 5.92. The Balaban J connectivity index is 1.63. The van der Waals surface area contributed by atoms with Crippen LogP contribution in [0.4, 0.5) is 0 Å². The van der Waals surface area contributed by atoms with Crippen LogP contribution in [-0.4, -0.2) is 21.1 Å². The van der Waals surface area contributed by atoms with Gasteiger partial charge in [-0.25, -0.2) is 9.97 Å². The summed E-state index contributed by atoms with van der Waals surface area (Å²) in [6, 6.07) is 24.4. The molecule has 0 fully saturated rings. The number of rotatable bonds is 4. The minimum Gasteiger partial charge on any atom is -0.492 e. The van der Waals surface area contributed by atoms with Crippen LogP contribution in [0.5, 0.6) is 5.75 Å². The summed E-state index contributed by atoms with van der Waals surface area (Å²) in [5, 5.41) is 1.14. The van der Waals surface area contributed by atoms with Crippen LogP contribution in [0, 0.1) is 6.92 Å². The Hall–Kier alpha value is -3.40. The van der Waals surface area contributed by atoms with Gasteiger partial charge in [-0.15, -0.1) is 0 Å². The van der Waals surface area contributed by atoms with E-state index in [2.05, 4.69) is 29.7 Å². The second-order valence-corrected chi connectivity index (χ2v) is 6.72. The zero-order chi connectivity index (χ0) is 18.2. The molecular formula is C23H19N3O. The van der Waals surface area contributed by atoms with E-state index in [4.69, 9.17) is 14.7 Å². The van der Waals surface area contributed by atoms with Crippen molar-refractivity contribution in [3.63, 3.8) is 0 Å². The molecule has 27 heavy (non-hydrogen) atoms. The highest BCUT2D eigenvalue weighted by atomic mass is 16.5. The molecule has 5 aromatic rings. The summed E-state index contributed by atoms with van der Waals surface area (Å²) < 4.78 is 8.13. The molecule has 0 N–H and O–H groups in total. The normalized spacial score (nSPS) is 11.4. The van der Waals surface area contributed by atoms with E-state index < -0.39 is 0 Å². The van der Waals surface area contributed by atoms with Gasteiger partial charge in [0.15, 0.2) is 5.65 Å². The van der Waals surface area contributed by atoms with Gasteiger partial charge in [0.2, 0.25) is 0 Å². The maximum absolute atomic E-state index is 5.92. The summed E-state index contributed by atoms with van der Waals surface area (Å²) in [7, 11) is 0. The van der Waals surface area contributed by atoms with Crippen LogP contribution in [0.15, 0.2) is 72.8 Å². The molecule has 3 aromatic carbocycles. The highest BCUT2D eigenvalue weighted by molar-refractivity contribution is 6.06. The molecule has 0 bridgehead atoms. The fraction of sp³-hybridized carbons (Fsp3) is 0.130. The van der Waals surface area contributed by atoms with Gasteiger partial charge in [0, 0.05) is 5.39 Å². The molecule has 0 atom stereocenters. The van der Waals surface area contributed by atoms with Gasteiger partial charge in [0.05, 0.1) is 23.1 Å². The van der Waals surface area contributed by atoms with Crippen LogP contribution in [-0.2, 0) is 6.54 Å². The average molecular weight is 353 g/mol. The van der Waals surface area contributed by atoms with Gasteiger partial charge in [-0.2, -0.15) is 0 Å². The predicted octanol–water partition coefficient (Wildman–Crippen LogP) is 5.13. The lowest BCUT2D eigenvalue weighted by Crippen LogP contribution is -2.08. The topological polar surface area (TPSA) is 39.9 Å². The van der Waals surface area contributed by atoms with Crippen molar-refractivity contribution in [1.29, 1.82) is 0 Å². The Morgan fingerprint density at radius 2 is 1.59 bits per heavy atom. The lowest BCUT2D eigenvalue weighted by Gasteiger charge is -2.09. The Morgan fingerprint density at radius 3 is 2.41 bits per heavy atom. The fourth-order valence-corrected chi connectivity index (χ4v) is 3.55. The van der Waals surface area contributed by atoms with Crippen LogP contribution in [0.1, 0.15) is 5.56 Å². The molecule has 4 nitrogen and oxygen atoms in total. The van der Waals surface area contributed by atoms with E-state index >= 15 is 0 Å². The Kier molecular flexibility index (Phi) is 3.75. The summed E-state index contributed by atoms with van der Waals surface area (Å²) in [6.45, 7) is 3.39. The minimum absolute atomic E-state index is 0.575. The van der Waals surface area contributed by atoms with E-state index in [0.717, 1.165) is 38.8 Å². The molecular weight excluding hydrogens is 334 g/mol. The molecule has 0 aliphatic heterocycles. The molecule has 2 aromatic heterocycles. The Bertz CT molecular complexity index is 1260. The molecule has 0 amide bonds. The predicted molar refractivity (Wildman–Crippen MR) is 109 cm³/mol. The van der Waals surface area contributed by atoms with Gasteiger partial charge in [-0.3, -0.25) is 0 Å². The molecule has 0 radical (unpaired) electrons. The van der Waals surface area contributed by atoms with E-state index in [9.17, 15) is 0 Å². The number of hydrogen-bond acceptors (Lipinski definition) is 3. The van der Waals surface area contributed by atoms with Crippen LogP contribution in [0.25, 0.3) is 33.1 Å². The van der Waals surface area contributed by atoms with E-state index in [1.54, 1.807) is 0 Å². The first-order chi connectivity index (χ1) is 13.3. The monoisotopic (exact) mass is 353 g/mol. The first-order valence-electron chi connectivity index (χ1n) is 9.13. The number of para-hydroxylation sites is 3. The second kappa shape index (κ2) is 6.40. The average Bonchev–Trinajstić information content (AvgIpc) is 2.99. The Morgan fingerprint density at radius 1 is 0.852 bits per heavy atom. The largest absolute Gasteiger partial charge is 0.492 e.